The number of carbonyl (C=O) groups excluding carboxylic acids is 1. The van der Waals surface area contributed by atoms with Gasteiger partial charge in [-0.05, 0) is 92.8 Å². The second-order valence-electron chi connectivity index (χ2n) is 26.9. The zero-order chi connectivity index (χ0) is 61.0. The summed E-state index contributed by atoms with van der Waals surface area (Å²) in [6, 6.07) is 0. The van der Waals surface area contributed by atoms with E-state index in [1.807, 2.05) is 20.8 Å². The number of hydrogen-bond donors (Lipinski definition) is 15. The molecule has 83 heavy (non-hydrogen) atoms. The summed E-state index contributed by atoms with van der Waals surface area (Å²) in [5, 5.41) is 167. The molecule has 4 saturated carbocycles. The van der Waals surface area contributed by atoms with Crippen LogP contribution < -0.4 is 0 Å². The van der Waals surface area contributed by atoms with Crippen LogP contribution in [0.5, 0.6) is 0 Å². The lowest BCUT2D eigenvalue weighted by molar-refractivity contribution is -0.400. The molecule has 26 nitrogen and oxygen atoms in total. The maximum absolute atomic E-state index is 13.2. The molecule has 0 bridgehead atoms. The molecule has 4 aliphatic heterocycles. The van der Waals surface area contributed by atoms with Gasteiger partial charge in [-0.25, -0.2) is 9.59 Å². The fraction of sp³-hybridized carbons (Fsp3) is 0.895. The molecular formula is C57H90O26. The van der Waals surface area contributed by atoms with Crippen molar-refractivity contribution in [1.82, 2.24) is 0 Å². The fourth-order valence-corrected chi connectivity index (χ4v) is 16.8. The van der Waals surface area contributed by atoms with Crippen molar-refractivity contribution in [3.05, 3.63) is 23.3 Å². The first kappa shape index (κ1) is 65.0. The summed E-state index contributed by atoms with van der Waals surface area (Å²) in [4.78, 5) is 26.3. The molecule has 8 fully saturated rings. The third-order valence-corrected chi connectivity index (χ3v) is 22.1. The number of aliphatic hydroxyl groups is 14. The zero-order valence-electron chi connectivity index (χ0n) is 48.3. The molecule has 0 amide bonds. The van der Waals surface area contributed by atoms with Crippen LogP contribution in [-0.4, -0.2) is 257 Å². The SMILES string of the molecule is C/C=C(\C)C(=O)O[C@H]1[C@H](O)[C@]2(CO)[C@H](O)C[C@]3(C)C(=CC[C@@H]4[C@@]5(C)CC[C@H](O[C@@H]6O[C@H](C(=O)O)[C@@H](O)[C@H](O[C@@H]7OC[C@H](O)[C@H](O)[C@H]7O[C@@H]7OC[C@@H](O)[C@H](O)[C@H]7O)[C@H]6O[C@@H]6O[C@H](CO)[C@H](O)[C@H](O)[C@H]6O)[C@@](C)(CO)[C@@H]5CC[C@]43C)[C@@H]2CC1(C)C. The minimum absolute atomic E-state index is 0.0901. The first-order valence-electron chi connectivity index (χ1n) is 29.1. The number of aliphatic hydroxyl groups excluding tert-OH is 14. The number of carbonyl (C=O) groups is 2. The number of ether oxygens (including phenoxy) is 9. The summed E-state index contributed by atoms with van der Waals surface area (Å²) in [6.45, 7) is 12.5. The Morgan fingerprint density at radius 1 is 0.663 bits per heavy atom. The topological polar surface area (TPSA) is 421 Å². The Morgan fingerprint density at radius 3 is 1.92 bits per heavy atom. The van der Waals surface area contributed by atoms with E-state index >= 15 is 0 Å². The maximum atomic E-state index is 13.2. The number of rotatable bonds is 14. The number of aliphatic carboxylic acids is 1. The third-order valence-electron chi connectivity index (χ3n) is 22.1. The molecule has 30 atom stereocenters. The molecule has 9 rings (SSSR count). The zero-order valence-corrected chi connectivity index (χ0v) is 48.3. The molecule has 474 valence electrons. The van der Waals surface area contributed by atoms with Gasteiger partial charge in [0.05, 0.1) is 50.7 Å². The minimum Gasteiger partial charge on any atom is -0.479 e. The molecule has 4 heterocycles. The van der Waals surface area contributed by atoms with Gasteiger partial charge in [-0.15, -0.1) is 0 Å². The van der Waals surface area contributed by atoms with Crippen molar-refractivity contribution in [3.63, 3.8) is 0 Å². The quantitative estimate of drug-likeness (QED) is 0.0362. The van der Waals surface area contributed by atoms with Crippen LogP contribution in [0.1, 0.15) is 100 Å². The highest BCUT2D eigenvalue weighted by Crippen LogP contribution is 2.76. The van der Waals surface area contributed by atoms with E-state index in [4.69, 9.17) is 42.6 Å². The van der Waals surface area contributed by atoms with Gasteiger partial charge >= 0.3 is 11.9 Å². The van der Waals surface area contributed by atoms with Crippen LogP contribution in [0.3, 0.4) is 0 Å². The van der Waals surface area contributed by atoms with Crippen molar-refractivity contribution >= 4 is 11.9 Å². The Morgan fingerprint density at radius 2 is 1.29 bits per heavy atom. The molecule has 0 aromatic rings. The molecule has 0 radical (unpaired) electrons. The third kappa shape index (κ3) is 10.5. The average molecular weight is 1190 g/mol. The minimum atomic E-state index is -2.25. The number of carboxylic acids is 1. The van der Waals surface area contributed by atoms with Gasteiger partial charge in [0.1, 0.15) is 91.6 Å². The predicted molar refractivity (Wildman–Crippen MR) is 280 cm³/mol. The first-order chi connectivity index (χ1) is 38.9. The van der Waals surface area contributed by atoms with Gasteiger partial charge in [-0.3, -0.25) is 0 Å². The molecule has 0 aromatic carbocycles. The van der Waals surface area contributed by atoms with Crippen LogP contribution in [0.4, 0.5) is 0 Å². The Labute approximate surface area is 481 Å². The predicted octanol–water partition coefficient (Wildman–Crippen LogP) is -2.79. The summed E-state index contributed by atoms with van der Waals surface area (Å²) in [6.07, 6.45) is -32.2. The van der Waals surface area contributed by atoms with E-state index in [1.165, 1.54) is 0 Å². The Kier molecular flexibility index (Phi) is 18.6. The lowest BCUT2D eigenvalue weighted by Gasteiger charge is -2.72. The second-order valence-corrected chi connectivity index (χ2v) is 26.9. The van der Waals surface area contributed by atoms with Gasteiger partial charge in [0.15, 0.2) is 31.3 Å². The van der Waals surface area contributed by atoms with Crippen molar-refractivity contribution in [2.24, 2.45) is 50.2 Å². The smallest absolute Gasteiger partial charge is 0.335 e. The Hall–Kier alpha value is -2.46. The van der Waals surface area contributed by atoms with Crippen LogP contribution in [0.25, 0.3) is 0 Å². The molecule has 0 spiro atoms. The van der Waals surface area contributed by atoms with Crippen molar-refractivity contribution in [2.45, 2.75) is 235 Å². The van der Waals surface area contributed by atoms with Crippen molar-refractivity contribution in [3.8, 4) is 0 Å². The van der Waals surface area contributed by atoms with E-state index in [2.05, 4.69) is 26.8 Å². The van der Waals surface area contributed by atoms with Gasteiger partial charge in [0, 0.05) is 16.4 Å². The lowest BCUT2D eigenvalue weighted by atomic mass is 9.33. The van der Waals surface area contributed by atoms with Gasteiger partial charge in [-0.2, -0.15) is 0 Å². The average Bonchev–Trinajstić information content (AvgIpc) is 0.730. The second kappa shape index (κ2) is 23.8. The van der Waals surface area contributed by atoms with Gasteiger partial charge in [-0.1, -0.05) is 59.3 Å². The standard InChI is InChI=1S/C57H90O26/c1-9-23(2)47(74)83-45-44(71)57(22-60)25(16-52(45,3)4)24-10-11-30-53(5)14-13-32(54(6,21-59)29(53)12-15-55(30,7)56(24,8)17-31(57)63)78-51-43(82-49-38(69)36(67)35(66)28(18-58)77-49)40(39(70)41(80-51)46(72)73)79-50-42(34(65)27(62)20-76-50)81-48-37(68)33(64)26(61)19-75-48/h9-10,25-45,48-51,58-71H,11-22H2,1-8H3,(H,72,73)/b23-9+/t25-,26+,27-,28+,29+,30+,31+,32-,33-,34-,35-,36-,37+,38+,39-,40-,41-,42+,43+,44-,45-,48-,49-,50-,51+,53-,54-,55+,56+,57-/m0/s1. The molecule has 4 saturated heterocycles. The maximum Gasteiger partial charge on any atom is 0.335 e. The number of carboxylic acid groups (broad SMARTS) is 1. The van der Waals surface area contributed by atoms with Crippen molar-refractivity contribution in [1.29, 1.82) is 0 Å². The summed E-state index contributed by atoms with van der Waals surface area (Å²) in [5.41, 5.74) is -3.80. The molecule has 0 aromatic heterocycles. The van der Waals surface area contributed by atoms with E-state index < -0.39 is 218 Å². The van der Waals surface area contributed by atoms with Crippen LogP contribution in [0.15, 0.2) is 23.3 Å². The summed E-state index contributed by atoms with van der Waals surface area (Å²) in [5.74, 6) is -3.24. The number of esters is 1. The normalized spacial score (nSPS) is 52.7. The van der Waals surface area contributed by atoms with Crippen LogP contribution in [-0.2, 0) is 52.2 Å². The fourth-order valence-electron chi connectivity index (χ4n) is 16.8. The summed E-state index contributed by atoms with van der Waals surface area (Å²) in [7, 11) is 0. The molecule has 15 N–H and O–H groups in total. The van der Waals surface area contributed by atoms with E-state index in [0.717, 1.165) is 5.57 Å². The summed E-state index contributed by atoms with van der Waals surface area (Å²) >= 11 is 0. The van der Waals surface area contributed by atoms with Gasteiger partial charge < -0.3 is 119 Å². The highest BCUT2D eigenvalue weighted by Gasteiger charge is 2.73. The summed E-state index contributed by atoms with van der Waals surface area (Å²) < 4.78 is 54.3. The van der Waals surface area contributed by atoms with Crippen LogP contribution in [0, 0.1) is 50.2 Å². The monoisotopic (exact) mass is 1190 g/mol. The Balaban J connectivity index is 1.04. The molecule has 0 unspecified atom stereocenters. The van der Waals surface area contributed by atoms with E-state index in [1.54, 1.807) is 19.9 Å². The molecule has 5 aliphatic carbocycles. The molecule has 26 heteroatoms. The van der Waals surface area contributed by atoms with Crippen LogP contribution >= 0.6 is 0 Å². The number of fused-ring (bicyclic) bond motifs is 7. The van der Waals surface area contributed by atoms with Crippen LogP contribution in [0.2, 0.25) is 0 Å². The highest BCUT2D eigenvalue weighted by atomic mass is 16.8. The van der Waals surface area contributed by atoms with E-state index in [-0.39, 0.29) is 24.7 Å². The van der Waals surface area contributed by atoms with E-state index in [0.29, 0.717) is 37.7 Å². The Bertz CT molecular complexity index is 2390. The van der Waals surface area contributed by atoms with Gasteiger partial charge in [0.2, 0.25) is 0 Å². The number of allylic oxidation sites excluding steroid dienone is 3. The number of hydrogen-bond acceptors (Lipinski definition) is 25. The van der Waals surface area contributed by atoms with E-state index in [9.17, 15) is 86.2 Å². The largest absolute Gasteiger partial charge is 0.479 e. The van der Waals surface area contributed by atoms with Crippen molar-refractivity contribution in [2.75, 3.05) is 33.0 Å². The molecular weight excluding hydrogens is 1100 g/mol. The highest BCUT2D eigenvalue weighted by molar-refractivity contribution is 5.87. The first-order valence-corrected chi connectivity index (χ1v) is 29.1. The lowest BCUT2D eigenvalue weighted by Crippen LogP contribution is -2.72. The molecule has 9 aliphatic rings. The van der Waals surface area contributed by atoms with Crippen molar-refractivity contribution < 1.29 is 129 Å². The van der Waals surface area contributed by atoms with Gasteiger partial charge in [0.25, 0.3) is 0 Å².